The summed E-state index contributed by atoms with van der Waals surface area (Å²) >= 11 is 0. The molecule has 98 valence electrons. The molecule has 0 spiro atoms. The Kier molecular flexibility index (Phi) is 5.60. The van der Waals surface area contributed by atoms with E-state index < -0.39 is 10.0 Å². The van der Waals surface area contributed by atoms with Crippen LogP contribution in [0.5, 0.6) is 0 Å². The van der Waals surface area contributed by atoms with Crippen molar-refractivity contribution in [3.05, 3.63) is 18.0 Å². The summed E-state index contributed by atoms with van der Waals surface area (Å²) in [6.45, 7) is 4.05. The lowest BCUT2D eigenvalue weighted by Crippen LogP contribution is -2.29. The van der Waals surface area contributed by atoms with E-state index in [4.69, 9.17) is 0 Å². The second kappa shape index (κ2) is 6.73. The van der Waals surface area contributed by atoms with Crippen LogP contribution in [0.1, 0.15) is 19.0 Å². The fraction of sp³-hybridized carbons (Fsp3) is 0.700. The van der Waals surface area contributed by atoms with Gasteiger partial charge in [-0.25, -0.2) is 13.1 Å². The minimum atomic E-state index is -3.12. The zero-order valence-corrected chi connectivity index (χ0v) is 11.1. The number of nitrogens with one attached hydrogen (secondary N) is 2. The zero-order chi connectivity index (χ0) is 12.7. The summed E-state index contributed by atoms with van der Waals surface area (Å²) in [7, 11) is -1.69. The van der Waals surface area contributed by atoms with Gasteiger partial charge in [0.05, 0.1) is 11.4 Å². The van der Waals surface area contributed by atoms with Gasteiger partial charge in [-0.1, -0.05) is 6.92 Å². The molecule has 0 aliphatic carbocycles. The van der Waals surface area contributed by atoms with Crippen LogP contribution in [0.25, 0.3) is 0 Å². The quantitative estimate of drug-likeness (QED) is 0.642. The maximum atomic E-state index is 11.2. The van der Waals surface area contributed by atoms with Crippen LogP contribution in [-0.2, 0) is 23.1 Å². The fourth-order valence-corrected chi connectivity index (χ4v) is 2.07. The van der Waals surface area contributed by atoms with Crippen molar-refractivity contribution in [2.45, 2.75) is 26.4 Å². The molecule has 7 heteroatoms. The van der Waals surface area contributed by atoms with Gasteiger partial charge in [0, 0.05) is 25.8 Å². The van der Waals surface area contributed by atoms with Crippen LogP contribution in [0.2, 0.25) is 0 Å². The van der Waals surface area contributed by atoms with Gasteiger partial charge in [0.1, 0.15) is 0 Å². The van der Waals surface area contributed by atoms with Gasteiger partial charge in [-0.2, -0.15) is 5.10 Å². The first kappa shape index (κ1) is 14.1. The first-order chi connectivity index (χ1) is 8.09. The zero-order valence-electron chi connectivity index (χ0n) is 10.3. The van der Waals surface area contributed by atoms with Crippen LogP contribution in [0, 0.1) is 0 Å². The summed E-state index contributed by atoms with van der Waals surface area (Å²) < 4.78 is 26.5. The van der Waals surface area contributed by atoms with Gasteiger partial charge in [-0.15, -0.1) is 0 Å². The van der Waals surface area contributed by atoms with Gasteiger partial charge in [-0.3, -0.25) is 4.68 Å². The molecule has 0 radical (unpaired) electrons. The van der Waals surface area contributed by atoms with E-state index in [2.05, 4.69) is 22.1 Å². The Morgan fingerprint density at radius 3 is 2.88 bits per heavy atom. The summed E-state index contributed by atoms with van der Waals surface area (Å²) in [6, 6.07) is 1.94. The van der Waals surface area contributed by atoms with Gasteiger partial charge in [0.2, 0.25) is 10.0 Å². The van der Waals surface area contributed by atoms with E-state index >= 15 is 0 Å². The normalized spacial score (nSPS) is 11.9. The number of hydrogen-bond donors (Lipinski definition) is 2. The molecule has 0 saturated carbocycles. The lowest BCUT2D eigenvalue weighted by atomic mass is 10.4. The van der Waals surface area contributed by atoms with E-state index in [0.717, 1.165) is 18.7 Å². The summed E-state index contributed by atoms with van der Waals surface area (Å²) in [6.07, 6.45) is 2.79. The number of hydrogen-bond acceptors (Lipinski definition) is 4. The third kappa shape index (κ3) is 4.84. The summed E-state index contributed by atoms with van der Waals surface area (Å²) in [5, 5.41) is 7.29. The van der Waals surface area contributed by atoms with Gasteiger partial charge in [0.15, 0.2) is 0 Å². The van der Waals surface area contributed by atoms with Crippen molar-refractivity contribution in [1.82, 2.24) is 19.8 Å². The van der Waals surface area contributed by atoms with Gasteiger partial charge in [-0.05, 0) is 19.5 Å². The van der Waals surface area contributed by atoms with Crippen molar-refractivity contribution < 1.29 is 8.42 Å². The maximum absolute atomic E-state index is 11.2. The fourth-order valence-electron chi connectivity index (χ4n) is 1.45. The molecule has 0 amide bonds. The smallest absolute Gasteiger partial charge is 0.212 e. The molecule has 0 saturated heterocycles. The average molecular weight is 260 g/mol. The van der Waals surface area contributed by atoms with E-state index in [-0.39, 0.29) is 5.75 Å². The molecular formula is C10H20N4O2S. The Labute approximate surface area is 102 Å². The first-order valence-corrected chi connectivity index (χ1v) is 7.37. The second-order valence-electron chi connectivity index (χ2n) is 3.75. The molecule has 1 rings (SSSR count). The molecule has 0 unspecified atom stereocenters. The largest absolute Gasteiger partial charge is 0.310 e. The molecule has 0 bridgehead atoms. The highest BCUT2D eigenvalue weighted by Crippen LogP contribution is 1.99. The highest BCUT2D eigenvalue weighted by atomic mass is 32.2. The number of aryl methyl sites for hydroxylation is 1. The average Bonchev–Trinajstić information content (AvgIpc) is 2.73. The van der Waals surface area contributed by atoms with Gasteiger partial charge in [0.25, 0.3) is 0 Å². The molecule has 0 aliphatic rings. The number of sulfonamides is 1. The van der Waals surface area contributed by atoms with E-state index in [1.54, 1.807) is 6.20 Å². The van der Waals surface area contributed by atoms with Crippen molar-refractivity contribution in [3.63, 3.8) is 0 Å². The third-order valence-electron chi connectivity index (χ3n) is 2.40. The molecule has 6 nitrogen and oxygen atoms in total. The number of rotatable bonds is 8. The van der Waals surface area contributed by atoms with Crippen LogP contribution >= 0.6 is 0 Å². The summed E-state index contributed by atoms with van der Waals surface area (Å²) in [5.74, 6) is 0.0887. The summed E-state index contributed by atoms with van der Waals surface area (Å²) in [5.41, 5.74) is 1.08. The minimum Gasteiger partial charge on any atom is -0.310 e. The van der Waals surface area contributed by atoms with Crippen LogP contribution in [0.3, 0.4) is 0 Å². The molecular weight excluding hydrogens is 240 g/mol. The predicted octanol–water partition coefficient (Wildman–Crippen LogP) is -0.0681. The van der Waals surface area contributed by atoms with Gasteiger partial charge < -0.3 is 5.32 Å². The Balaban J connectivity index is 2.33. The van der Waals surface area contributed by atoms with E-state index in [1.165, 1.54) is 7.05 Å². The molecule has 1 aromatic heterocycles. The predicted molar refractivity (Wildman–Crippen MR) is 67.1 cm³/mol. The molecule has 2 N–H and O–H groups in total. The third-order valence-corrected chi connectivity index (χ3v) is 3.77. The molecule has 0 aromatic carbocycles. The van der Waals surface area contributed by atoms with Crippen molar-refractivity contribution in [2.24, 2.45) is 0 Å². The van der Waals surface area contributed by atoms with Crippen LogP contribution < -0.4 is 10.0 Å². The monoisotopic (exact) mass is 260 g/mol. The van der Waals surface area contributed by atoms with Crippen molar-refractivity contribution in [2.75, 3.05) is 19.3 Å². The molecule has 17 heavy (non-hydrogen) atoms. The van der Waals surface area contributed by atoms with Crippen LogP contribution in [0.4, 0.5) is 0 Å². The van der Waals surface area contributed by atoms with E-state index in [9.17, 15) is 8.42 Å². The maximum Gasteiger partial charge on any atom is 0.212 e. The topological polar surface area (TPSA) is 76.0 Å². The van der Waals surface area contributed by atoms with Crippen molar-refractivity contribution in [1.29, 1.82) is 0 Å². The minimum absolute atomic E-state index is 0.0887. The molecule has 1 aromatic rings. The Morgan fingerprint density at radius 2 is 2.24 bits per heavy atom. The lowest BCUT2D eigenvalue weighted by molar-refractivity contribution is 0.551. The van der Waals surface area contributed by atoms with Crippen molar-refractivity contribution in [3.8, 4) is 0 Å². The SMILES string of the molecule is CCCn1nccc1CNCCS(=O)(=O)NC. The molecule has 0 fully saturated rings. The summed E-state index contributed by atoms with van der Waals surface area (Å²) in [4.78, 5) is 0. The number of aromatic nitrogens is 2. The first-order valence-electron chi connectivity index (χ1n) is 5.71. The van der Waals surface area contributed by atoms with Gasteiger partial charge >= 0.3 is 0 Å². The highest BCUT2D eigenvalue weighted by Gasteiger charge is 2.06. The lowest BCUT2D eigenvalue weighted by Gasteiger charge is -2.07. The second-order valence-corrected chi connectivity index (χ2v) is 5.79. The molecule has 1 heterocycles. The van der Waals surface area contributed by atoms with Crippen LogP contribution in [-0.4, -0.2) is 37.5 Å². The van der Waals surface area contributed by atoms with Crippen LogP contribution in [0.15, 0.2) is 12.3 Å². The Morgan fingerprint density at radius 1 is 1.47 bits per heavy atom. The Hall–Kier alpha value is -0.920. The standard InChI is InChI=1S/C10H20N4O2S/c1-3-7-14-10(4-5-13-14)9-12-6-8-17(15,16)11-2/h4-5,11-12H,3,6-9H2,1-2H3. The number of nitrogens with zero attached hydrogens (tertiary/aromatic N) is 2. The highest BCUT2D eigenvalue weighted by molar-refractivity contribution is 7.89. The Bertz CT molecular complexity index is 427. The van der Waals surface area contributed by atoms with E-state index in [1.807, 2.05) is 10.7 Å². The van der Waals surface area contributed by atoms with E-state index in [0.29, 0.717) is 13.1 Å². The van der Waals surface area contributed by atoms with Crippen molar-refractivity contribution >= 4 is 10.0 Å². The molecule has 0 atom stereocenters. The molecule has 0 aliphatic heterocycles.